The lowest BCUT2D eigenvalue weighted by atomic mass is 10.2. The summed E-state index contributed by atoms with van der Waals surface area (Å²) in [7, 11) is 1.90. The van der Waals surface area contributed by atoms with Crippen molar-refractivity contribution < 1.29 is 14.6 Å². The van der Waals surface area contributed by atoms with Gasteiger partial charge in [-0.15, -0.1) is 0 Å². The first-order valence-corrected chi connectivity index (χ1v) is 6.18. The summed E-state index contributed by atoms with van der Waals surface area (Å²) in [4.78, 5) is 13.0. The summed E-state index contributed by atoms with van der Waals surface area (Å²) in [5.74, 6) is -0.887. The molecule has 1 aromatic rings. The molecule has 0 aliphatic carbocycles. The predicted octanol–water partition coefficient (Wildman–Crippen LogP) is 0.268. The van der Waals surface area contributed by atoms with Crippen molar-refractivity contribution in [1.82, 2.24) is 14.7 Å². The summed E-state index contributed by atoms with van der Waals surface area (Å²) >= 11 is 0. The van der Waals surface area contributed by atoms with Gasteiger partial charge in [0.05, 0.1) is 12.3 Å². The number of morpholine rings is 1. The maximum absolute atomic E-state index is 10.9. The molecule has 1 saturated heterocycles. The molecule has 0 saturated carbocycles. The van der Waals surface area contributed by atoms with Crippen LogP contribution in [0.25, 0.3) is 0 Å². The highest BCUT2D eigenvalue weighted by atomic mass is 16.5. The number of hydrogen-bond acceptors (Lipinski definition) is 4. The summed E-state index contributed by atoms with van der Waals surface area (Å²) in [5.41, 5.74) is 2.25. The summed E-state index contributed by atoms with van der Waals surface area (Å²) in [6.07, 6.45) is 2.19. The fourth-order valence-electron chi connectivity index (χ4n) is 2.25. The molecule has 2 heterocycles. The van der Waals surface area contributed by atoms with Gasteiger partial charge in [0.2, 0.25) is 0 Å². The molecular weight excluding hydrogens is 234 g/mol. The smallest absolute Gasteiger partial charge is 0.334 e. The van der Waals surface area contributed by atoms with E-state index in [1.165, 1.54) is 5.56 Å². The Morgan fingerprint density at radius 2 is 2.44 bits per heavy atom. The van der Waals surface area contributed by atoms with Crippen molar-refractivity contribution in [1.29, 1.82) is 0 Å². The van der Waals surface area contributed by atoms with Crippen LogP contribution in [0, 0.1) is 0 Å². The number of carboxylic acid groups (broad SMARTS) is 1. The van der Waals surface area contributed by atoms with Gasteiger partial charge in [-0.3, -0.25) is 9.58 Å². The van der Waals surface area contributed by atoms with Gasteiger partial charge in [0.1, 0.15) is 0 Å². The van der Waals surface area contributed by atoms with Crippen LogP contribution in [-0.2, 0) is 29.5 Å². The Balaban J connectivity index is 2.02. The molecule has 1 aliphatic rings. The number of aryl methyl sites for hydroxylation is 2. The lowest BCUT2D eigenvalue weighted by molar-refractivity contribution is -0.156. The Morgan fingerprint density at radius 1 is 1.67 bits per heavy atom. The van der Waals surface area contributed by atoms with E-state index in [0.29, 0.717) is 13.2 Å². The Hall–Kier alpha value is -1.40. The number of ether oxygens (including phenoxy) is 1. The molecule has 1 fully saturated rings. The normalized spacial score (nSPS) is 21.1. The third-order valence-corrected chi connectivity index (χ3v) is 3.15. The molecule has 1 aliphatic heterocycles. The number of aromatic nitrogens is 2. The van der Waals surface area contributed by atoms with Crippen LogP contribution in [0.4, 0.5) is 0 Å². The molecule has 1 unspecified atom stereocenters. The van der Waals surface area contributed by atoms with Gasteiger partial charge in [-0.2, -0.15) is 5.10 Å². The lowest BCUT2D eigenvalue weighted by Gasteiger charge is -2.30. The van der Waals surface area contributed by atoms with Crippen molar-refractivity contribution in [2.24, 2.45) is 7.05 Å². The molecular formula is C12H19N3O3. The first-order valence-electron chi connectivity index (χ1n) is 6.18. The van der Waals surface area contributed by atoms with E-state index in [9.17, 15) is 4.79 Å². The van der Waals surface area contributed by atoms with E-state index in [-0.39, 0.29) is 0 Å². The van der Waals surface area contributed by atoms with Crippen molar-refractivity contribution in [3.05, 3.63) is 17.5 Å². The molecule has 6 nitrogen and oxygen atoms in total. The fraction of sp³-hybridized carbons (Fsp3) is 0.667. The van der Waals surface area contributed by atoms with E-state index in [1.54, 1.807) is 0 Å². The zero-order chi connectivity index (χ0) is 13.1. The number of aliphatic carboxylic acids is 1. The largest absolute Gasteiger partial charge is 0.479 e. The molecule has 0 amide bonds. The number of carboxylic acids is 1. The third-order valence-electron chi connectivity index (χ3n) is 3.15. The van der Waals surface area contributed by atoms with Crippen molar-refractivity contribution >= 4 is 5.97 Å². The van der Waals surface area contributed by atoms with Gasteiger partial charge in [-0.25, -0.2) is 4.79 Å². The van der Waals surface area contributed by atoms with Crippen LogP contribution in [0.2, 0.25) is 0 Å². The zero-order valence-corrected chi connectivity index (χ0v) is 10.8. The standard InChI is InChI=1S/C12H19N3O3/c1-3-10-9(6-14(2)13-10)7-15-4-5-18-11(8-15)12(16)17/h6,11H,3-5,7-8H2,1-2H3,(H,16,17). The molecule has 1 aromatic heterocycles. The molecule has 0 radical (unpaired) electrons. The number of hydrogen-bond donors (Lipinski definition) is 1. The first-order chi connectivity index (χ1) is 8.60. The maximum Gasteiger partial charge on any atom is 0.334 e. The minimum Gasteiger partial charge on any atom is -0.479 e. The molecule has 1 N–H and O–H groups in total. The van der Waals surface area contributed by atoms with E-state index in [2.05, 4.69) is 16.9 Å². The van der Waals surface area contributed by atoms with Crippen LogP contribution >= 0.6 is 0 Å². The van der Waals surface area contributed by atoms with Gasteiger partial charge < -0.3 is 9.84 Å². The van der Waals surface area contributed by atoms with Gasteiger partial charge in [0.25, 0.3) is 0 Å². The zero-order valence-electron chi connectivity index (χ0n) is 10.8. The SMILES string of the molecule is CCc1nn(C)cc1CN1CCOC(C(=O)O)C1. The summed E-state index contributed by atoms with van der Waals surface area (Å²) in [6, 6.07) is 0. The van der Waals surface area contributed by atoms with Gasteiger partial charge >= 0.3 is 5.97 Å². The van der Waals surface area contributed by atoms with Crippen molar-refractivity contribution in [3.8, 4) is 0 Å². The second kappa shape index (κ2) is 5.49. The van der Waals surface area contributed by atoms with Crippen LogP contribution in [0.1, 0.15) is 18.2 Å². The molecule has 6 heteroatoms. The van der Waals surface area contributed by atoms with E-state index in [4.69, 9.17) is 9.84 Å². The Kier molecular flexibility index (Phi) is 3.98. The van der Waals surface area contributed by atoms with Gasteiger partial charge in [0.15, 0.2) is 6.10 Å². The minimum absolute atomic E-state index is 0.438. The summed E-state index contributed by atoms with van der Waals surface area (Å²) in [6.45, 7) is 4.49. The molecule has 1 atom stereocenters. The second-order valence-corrected chi connectivity index (χ2v) is 4.56. The number of nitrogens with zero attached hydrogens (tertiary/aromatic N) is 3. The van der Waals surface area contributed by atoms with Crippen LogP contribution in [0.5, 0.6) is 0 Å². The average molecular weight is 253 g/mol. The topological polar surface area (TPSA) is 67.6 Å². The monoisotopic (exact) mass is 253 g/mol. The van der Waals surface area contributed by atoms with Gasteiger partial charge in [-0.1, -0.05) is 6.92 Å². The average Bonchev–Trinajstić information content (AvgIpc) is 2.69. The first kappa shape index (κ1) is 13.0. The lowest BCUT2D eigenvalue weighted by Crippen LogP contribution is -2.45. The molecule has 100 valence electrons. The van der Waals surface area contributed by atoms with Gasteiger partial charge in [0, 0.05) is 38.4 Å². The highest BCUT2D eigenvalue weighted by Gasteiger charge is 2.26. The quantitative estimate of drug-likeness (QED) is 0.834. The van der Waals surface area contributed by atoms with E-state index >= 15 is 0 Å². The molecule has 0 bridgehead atoms. The molecule has 18 heavy (non-hydrogen) atoms. The van der Waals surface area contributed by atoms with Crippen LogP contribution in [-0.4, -0.2) is 51.6 Å². The van der Waals surface area contributed by atoms with E-state index in [1.807, 2.05) is 17.9 Å². The summed E-state index contributed by atoms with van der Waals surface area (Å²) in [5, 5.41) is 13.4. The fourth-order valence-corrected chi connectivity index (χ4v) is 2.25. The highest BCUT2D eigenvalue weighted by molar-refractivity contribution is 5.72. The van der Waals surface area contributed by atoms with Crippen LogP contribution in [0.15, 0.2) is 6.20 Å². The molecule has 0 aromatic carbocycles. The molecule has 0 spiro atoms. The van der Waals surface area contributed by atoms with Gasteiger partial charge in [-0.05, 0) is 6.42 Å². The van der Waals surface area contributed by atoms with Crippen molar-refractivity contribution in [3.63, 3.8) is 0 Å². The third kappa shape index (κ3) is 2.88. The Bertz CT molecular complexity index is 430. The Labute approximate surface area is 106 Å². The van der Waals surface area contributed by atoms with E-state index in [0.717, 1.165) is 25.2 Å². The van der Waals surface area contributed by atoms with Crippen LogP contribution in [0.3, 0.4) is 0 Å². The maximum atomic E-state index is 10.9. The summed E-state index contributed by atoms with van der Waals surface area (Å²) < 4.78 is 7.02. The molecule has 2 rings (SSSR count). The Morgan fingerprint density at radius 3 is 3.11 bits per heavy atom. The predicted molar refractivity (Wildman–Crippen MR) is 65.2 cm³/mol. The van der Waals surface area contributed by atoms with Crippen molar-refractivity contribution in [2.45, 2.75) is 26.0 Å². The number of carbonyl (C=O) groups is 1. The minimum atomic E-state index is -0.887. The van der Waals surface area contributed by atoms with Crippen molar-refractivity contribution in [2.75, 3.05) is 19.7 Å². The van der Waals surface area contributed by atoms with E-state index < -0.39 is 12.1 Å². The number of rotatable bonds is 4. The second-order valence-electron chi connectivity index (χ2n) is 4.56. The highest BCUT2D eigenvalue weighted by Crippen LogP contribution is 2.14. The van der Waals surface area contributed by atoms with Crippen LogP contribution < -0.4 is 0 Å².